The van der Waals surface area contributed by atoms with E-state index >= 15 is 0 Å². The van der Waals surface area contributed by atoms with Crippen LogP contribution >= 0.6 is 0 Å². The third kappa shape index (κ3) is 6.95. The molecule has 162 valence electrons. The first-order chi connectivity index (χ1) is 14.0. The third-order valence-electron chi connectivity index (χ3n) is 5.95. The summed E-state index contributed by atoms with van der Waals surface area (Å²) in [6.45, 7) is 3.26. The number of aliphatic carboxylic acids is 1. The van der Waals surface area contributed by atoms with E-state index in [2.05, 4.69) is 19.1 Å². The van der Waals surface area contributed by atoms with Crippen LogP contribution in [0.15, 0.2) is 23.8 Å². The van der Waals surface area contributed by atoms with E-state index in [0.717, 1.165) is 38.5 Å². The van der Waals surface area contributed by atoms with Crippen molar-refractivity contribution < 1.29 is 24.5 Å². The molecule has 2 unspecified atom stereocenters. The minimum Gasteiger partial charge on any atom is -0.481 e. The first-order valence-electron chi connectivity index (χ1n) is 11.0. The SMILES string of the molecule is CCCCC[C@@H](O)C=C(C#N)C1CCC2(OCCO2)C1CC=CCCCC(=O)O. The van der Waals surface area contributed by atoms with Crippen molar-refractivity contribution >= 4 is 5.97 Å². The Morgan fingerprint density at radius 3 is 2.69 bits per heavy atom. The van der Waals surface area contributed by atoms with Gasteiger partial charge in [0.25, 0.3) is 0 Å². The highest BCUT2D eigenvalue weighted by atomic mass is 16.7. The number of carbonyl (C=O) groups is 1. The van der Waals surface area contributed by atoms with Crippen LogP contribution in [0, 0.1) is 23.2 Å². The first kappa shape index (κ1) is 23.6. The number of nitrogens with zero attached hydrogens (tertiary/aromatic N) is 1. The smallest absolute Gasteiger partial charge is 0.303 e. The molecule has 0 aromatic heterocycles. The van der Waals surface area contributed by atoms with Crippen LogP contribution in [-0.2, 0) is 14.3 Å². The fourth-order valence-corrected chi connectivity index (χ4v) is 4.46. The van der Waals surface area contributed by atoms with E-state index in [9.17, 15) is 15.2 Å². The molecule has 29 heavy (non-hydrogen) atoms. The quantitative estimate of drug-likeness (QED) is 0.284. The molecule has 2 fully saturated rings. The van der Waals surface area contributed by atoms with E-state index in [0.29, 0.717) is 38.0 Å². The number of rotatable bonds is 12. The predicted octanol–water partition coefficient (Wildman–Crippen LogP) is 4.35. The highest BCUT2D eigenvalue weighted by molar-refractivity contribution is 5.66. The lowest BCUT2D eigenvalue weighted by atomic mass is 9.83. The number of allylic oxidation sites excluding steroid dienone is 3. The lowest BCUT2D eigenvalue weighted by Crippen LogP contribution is -2.36. The largest absolute Gasteiger partial charge is 0.481 e. The number of unbranched alkanes of at least 4 members (excludes halogenated alkanes) is 3. The summed E-state index contributed by atoms with van der Waals surface area (Å²) in [6.07, 6.45) is 12.8. The summed E-state index contributed by atoms with van der Waals surface area (Å²) in [4.78, 5) is 10.6. The Morgan fingerprint density at radius 1 is 1.28 bits per heavy atom. The minimum atomic E-state index is -0.776. The molecule has 0 amide bonds. The van der Waals surface area contributed by atoms with Crippen molar-refractivity contribution in [3.05, 3.63) is 23.8 Å². The molecule has 1 saturated carbocycles. The molecule has 1 spiro atoms. The average molecular weight is 406 g/mol. The van der Waals surface area contributed by atoms with Crippen molar-refractivity contribution in [3.63, 3.8) is 0 Å². The molecule has 2 rings (SSSR count). The van der Waals surface area contributed by atoms with Crippen molar-refractivity contribution in [3.8, 4) is 6.07 Å². The number of hydrogen-bond donors (Lipinski definition) is 2. The first-order valence-corrected chi connectivity index (χ1v) is 11.0. The molecular formula is C23H35NO5. The number of aliphatic hydroxyl groups excluding tert-OH is 1. The molecule has 0 bridgehead atoms. The molecule has 2 aliphatic rings. The minimum absolute atomic E-state index is 0.00240. The van der Waals surface area contributed by atoms with Crippen molar-refractivity contribution in [1.82, 2.24) is 0 Å². The second-order valence-electron chi connectivity index (χ2n) is 8.05. The monoisotopic (exact) mass is 405 g/mol. The zero-order valence-corrected chi connectivity index (χ0v) is 17.5. The maximum absolute atomic E-state index is 10.6. The van der Waals surface area contributed by atoms with E-state index in [-0.39, 0.29) is 18.3 Å². The molecule has 6 heteroatoms. The fourth-order valence-electron chi connectivity index (χ4n) is 4.46. The second kappa shape index (κ2) is 12.1. The number of hydrogen-bond acceptors (Lipinski definition) is 5. The van der Waals surface area contributed by atoms with Crippen molar-refractivity contribution in [2.75, 3.05) is 13.2 Å². The molecule has 0 aromatic rings. The highest BCUT2D eigenvalue weighted by Gasteiger charge is 2.53. The van der Waals surface area contributed by atoms with Gasteiger partial charge in [-0.25, -0.2) is 0 Å². The number of aliphatic hydroxyl groups is 1. The van der Waals surface area contributed by atoms with E-state index in [4.69, 9.17) is 14.6 Å². The molecular weight excluding hydrogens is 370 g/mol. The molecule has 0 aromatic carbocycles. The molecule has 1 saturated heterocycles. The van der Waals surface area contributed by atoms with E-state index in [1.165, 1.54) is 0 Å². The zero-order valence-electron chi connectivity index (χ0n) is 17.5. The van der Waals surface area contributed by atoms with Crippen LogP contribution in [0.25, 0.3) is 0 Å². The molecule has 6 nitrogen and oxygen atoms in total. The third-order valence-corrected chi connectivity index (χ3v) is 5.95. The van der Waals surface area contributed by atoms with Crippen LogP contribution in [0.3, 0.4) is 0 Å². The van der Waals surface area contributed by atoms with Gasteiger partial charge < -0.3 is 19.7 Å². The second-order valence-corrected chi connectivity index (χ2v) is 8.05. The lowest BCUT2D eigenvalue weighted by molar-refractivity contribution is -0.183. The van der Waals surface area contributed by atoms with Crippen LogP contribution in [-0.4, -0.2) is 41.3 Å². The number of nitriles is 1. The summed E-state index contributed by atoms with van der Waals surface area (Å²) in [6, 6.07) is 2.33. The fraction of sp³-hybridized carbons (Fsp3) is 0.739. The van der Waals surface area contributed by atoms with Gasteiger partial charge in [-0.2, -0.15) is 5.26 Å². The summed E-state index contributed by atoms with van der Waals surface area (Å²) in [5.41, 5.74) is 0.634. The molecule has 0 radical (unpaired) electrons. The molecule has 1 aliphatic heterocycles. The van der Waals surface area contributed by atoms with Crippen molar-refractivity contribution in [1.29, 1.82) is 5.26 Å². The van der Waals surface area contributed by atoms with E-state index < -0.39 is 17.9 Å². The maximum Gasteiger partial charge on any atom is 0.303 e. The highest BCUT2D eigenvalue weighted by Crippen LogP contribution is 2.50. The van der Waals surface area contributed by atoms with Gasteiger partial charge in [0.05, 0.1) is 25.4 Å². The van der Waals surface area contributed by atoms with Crippen LogP contribution in [0.1, 0.15) is 71.1 Å². The Balaban J connectivity index is 2.04. The number of carboxylic acids is 1. The van der Waals surface area contributed by atoms with Gasteiger partial charge in [0, 0.05) is 30.3 Å². The predicted molar refractivity (Wildman–Crippen MR) is 110 cm³/mol. The average Bonchev–Trinajstić information content (AvgIpc) is 3.31. The van der Waals surface area contributed by atoms with Crippen LogP contribution in [0.5, 0.6) is 0 Å². The number of ether oxygens (including phenoxy) is 2. The standard InChI is InChI=1S/C23H35NO5/c1-2-3-6-9-19(25)16-18(17-24)20-12-13-23(28-14-15-29-23)21(20)10-7-4-5-8-11-22(26)27/h4,7,16,19-21,25H,2-3,5-6,8-15H2,1H3,(H,26,27)/t19-,20?,21?/m1/s1. The van der Waals surface area contributed by atoms with Gasteiger partial charge in [0.15, 0.2) is 5.79 Å². The van der Waals surface area contributed by atoms with E-state index in [1.807, 2.05) is 6.08 Å². The van der Waals surface area contributed by atoms with Crippen LogP contribution in [0.2, 0.25) is 0 Å². The van der Waals surface area contributed by atoms with Gasteiger partial charge in [0.1, 0.15) is 0 Å². The van der Waals surface area contributed by atoms with Gasteiger partial charge in [-0.3, -0.25) is 4.79 Å². The van der Waals surface area contributed by atoms with Crippen LogP contribution < -0.4 is 0 Å². The Kier molecular flexibility index (Phi) is 9.86. The van der Waals surface area contributed by atoms with Crippen molar-refractivity contribution in [2.45, 2.75) is 83.0 Å². The zero-order chi connectivity index (χ0) is 21.1. The summed E-state index contributed by atoms with van der Waals surface area (Å²) >= 11 is 0. The van der Waals surface area contributed by atoms with Gasteiger partial charge in [-0.15, -0.1) is 0 Å². The summed E-state index contributed by atoms with van der Waals surface area (Å²) in [7, 11) is 0. The van der Waals surface area contributed by atoms with Gasteiger partial charge >= 0.3 is 5.97 Å². The summed E-state index contributed by atoms with van der Waals surface area (Å²) in [5, 5.41) is 28.8. The maximum atomic E-state index is 10.6. The van der Waals surface area contributed by atoms with Crippen molar-refractivity contribution in [2.24, 2.45) is 11.8 Å². The lowest BCUT2D eigenvalue weighted by Gasteiger charge is -2.31. The van der Waals surface area contributed by atoms with Gasteiger partial charge in [0.2, 0.25) is 0 Å². The Hall–Kier alpha value is -1.68. The Morgan fingerprint density at radius 2 is 2.03 bits per heavy atom. The Labute approximate surface area is 174 Å². The van der Waals surface area contributed by atoms with Gasteiger partial charge in [-0.1, -0.05) is 38.3 Å². The Bertz CT molecular complexity index is 615. The molecule has 1 heterocycles. The normalized spacial score (nSPS) is 24.9. The molecule has 3 atom stereocenters. The van der Waals surface area contributed by atoms with Crippen LogP contribution in [0.4, 0.5) is 0 Å². The molecule has 1 aliphatic carbocycles. The summed E-state index contributed by atoms with van der Waals surface area (Å²) in [5.74, 6) is -1.39. The summed E-state index contributed by atoms with van der Waals surface area (Å²) < 4.78 is 12.0. The van der Waals surface area contributed by atoms with E-state index in [1.54, 1.807) is 6.08 Å². The number of carboxylic acid groups (broad SMARTS) is 1. The molecule has 2 N–H and O–H groups in total. The topological polar surface area (TPSA) is 99.8 Å². The van der Waals surface area contributed by atoms with Gasteiger partial charge in [-0.05, 0) is 38.2 Å².